The van der Waals surface area contributed by atoms with Gasteiger partial charge >= 0.3 is 12.0 Å². The Morgan fingerprint density at radius 1 is 1.58 bits per heavy atom. The molecule has 0 radical (unpaired) electrons. The highest BCUT2D eigenvalue weighted by Crippen LogP contribution is 2.23. The molecular weight excluding hydrogens is 334 g/mol. The molecular formula is C11H16BrN3O3S. The summed E-state index contributed by atoms with van der Waals surface area (Å²) in [5.74, 6) is -0.854. The van der Waals surface area contributed by atoms with Gasteiger partial charge < -0.3 is 10.0 Å². The maximum absolute atomic E-state index is 12.1. The molecule has 0 saturated heterocycles. The van der Waals surface area contributed by atoms with E-state index in [1.165, 1.54) is 11.3 Å². The van der Waals surface area contributed by atoms with E-state index >= 15 is 0 Å². The van der Waals surface area contributed by atoms with Crippen molar-refractivity contribution < 1.29 is 14.7 Å². The number of aromatic nitrogens is 1. The molecule has 8 heteroatoms. The number of carboxylic acids is 1. The highest BCUT2D eigenvalue weighted by atomic mass is 79.9. The van der Waals surface area contributed by atoms with Gasteiger partial charge in [-0.25, -0.2) is 9.78 Å². The van der Waals surface area contributed by atoms with Crippen LogP contribution in [0.25, 0.3) is 0 Å². The second kappa shape index (κ2) is 7.44. The molecule has 0 spiro atoms. The number of carbonyl (C=O) groups excluding carboxylic acids is 1. The molecule has 1 aromatic rings. The van der Waals surface area contributed by atoms with E-state index in [9.17, 15) is 9.59 Å². The number of carbonyl (C=O) groups is 2. The third-order valence-corrected chi connectivity index (χ3v) is 3.76. The van der Waals surface area contributed by atoms with Gasteiger partial charge in [-0.2, -0.15) is 0 Å². The summed E-state index contributed by atoms with van der Waals surface area (Å²) >= 11 is 4.60. The molecule has 0 unspecified atom stereocenters. The Labute approximate surface area is 124 Å². The van der Waals surface area contributed by atoms with Crippen LogP contribution in [0.15, 0.2) is 9.98 Å². The van der Waals surface area contributed by atoms with Crippen molar-refractivity contribution in [2.24, 2.45) is 0 Å². The van der Waals surface area contributed by atoms with Crippen LogP contribution in [0.5, 0.6) is 0 Å². The van der Waals surface area contributed by atoms with Gasteiger partial charge in [0, 0.05) is 19.0 Å². The summed E-state index contributed by atoms with van der Waals surface area (Å²) in [6, 6.07) is -0.264. The van der Waals surface area contributed by atoms with E-state index in [1.807, 2.05) is 13.8 Å². The maximum atomic E-state index is 12.1. The summed E-state index contributed by atoms with van der Waals surface area (Å²) in [5, 5.41) is 11.8. The van der Waals surface area contributed by atoms with Gasteiger partial charge in [-0.05, 0) is 36.2 Å². The Bertz CT molecular complexity index is 450. The lowest BCUT2D eigenvalue weighted by molar-refractivity contribution is -0.137. The standard InChI is InChI=1S/C11H16BrN3O3S/c1-7(2)15(5-3-4-9(16)17)11(18)14-10-13-6-8(12)19-10/h6-7H,3-5H2,1-2H3,(H,16,17)(H,13,14,18). The first-order chi connectivity index (χ1) is 8.90. The lowest BCUT2D eigenvalue weighted by atomic mass is 10.2. The topological polar surface area (TPSA) is 82.5 Å². The third-order valence-electron chi connectivity index (χ3n) is 2.37. The van der Waals surface area contributed by atoms with Crippen molar-refractivity contribution in [2.75, 3.05) is 11.9 Å². The Kier molecular flexibility index (Phi) is 6.23. The maximum Gasteiger partial charge on any atom is 0.323 e. The number of aliphatic carboxylic acids is 1. The van der Waals surface area contributed by atoms with Crippen LogP contribution < -0.4 is 5.32 Å². The van der Waals surface area contributed by atoms with Crippen LogP contribution in [-0.4, -0.2) is 39.6 Å². The van der Waals surface area contributed by atoms with Crippen molar-refractivity contribution in [3.8, 4) is 0 Å². The van der Waals surface area contributed by atoms with Crippen LogP contribution in [-0.2, 0) is 4.79 Å². The Morgan fingerprint density at radius 3 is 2.74 bits per heavy atom. The Balaban J connectivity index is 2.55. The van der Waals surface area contributed by atoms with E-state index in [1.54, 1.807) is 11.1 Å². The van der Waals surface area contributed by atoms with E-state index in [-0.39, 0.29) is 18.5 Å². The number of carboxylic acid groups (broad SMARTS) is 1. The third kappa shape index (κ3) is 5.56. The molecule has 19 heavy (non-hydrogen) atoms. The molecule has 1 aromatic heterocycles. The number of amides is 2. The fourth-order valence-electron chi connectivity index (χ4n) is 1.47. The van der Waals surface area contributed by atoms with Gasteiger partial charge in [0.2, 0.25) is 0 Å². The van der Waals surface area contributed by atoms with Crippen LogP contribution in [0.2, 0.25) is 0 Å². The number of anilines is 1. The van der Waals surface area contributed by atoms with E-state index in [0.29, 0.717) is 18.1 Å². The van der Waals surface area contributed by atoms with Gasteiger partial charge in [0.05, 0.1) is 9.98 Å². The minimum absolute atomic E-state index is 0.00259. The second-order valence-electron chi connectivity index (χ2n) is 4.18. The molecule has 0 aliphatic heterocycles. The molecule has 0 aliphatic carbocycles. The predicted octanol–water partition coefficient (Wildman–Crippen LogP) is 3.01. The average molecular weight is 350 g/mol. The van der Waals surface area contributed by atoms with E-state index in [4.69, 9.17) is 5.11 Å². The summed E-state index contributed by atoms with van der Waals surface area (Å²) in [7, 11) is 0. The van der Waals surface area contributed by atoms with Crippen LogP contribution in [0.1, 0.15) is 26.7 Å². The zero-order valence-electron chi connectivity index (χ0n) is 10.7. The van der Waals surface area contributed by atoms with Crippen molar-refractivity contribution in [2.45, 2.75) is 32.7 Å². The lowest BCUT2D eigenvalue weighted by Crippen LogP contribution is -2.40. The molecule has 2 N–H and O–H groups in total. The van der Waals surface area contributed by atoms with Crippen molar-refractivity contribution >= 4 is 44.4 Å². The number of urea groups is 1. The number of nitrogens with zero attached hydrogens (tertiary/aromatic N) is 2. The molecule has 0 aromatic carbocycles. The van der Waals surface area contributed by atoms with Gasteiger partial charge in [-0.15, -0.1) is 0 Å². The quantitative estimate of drug-likeness (QED) is 0.826. The van der Waals surface area contributed by atoms with E-state index < -0.39 is 5.97 Å². The number of hydrogen-bond acceptors (Lipinski definition) is 4. The highest BCUT2D eigenvalue weighted by Gasteiger charge is 2.18. The molecule has 106 valence electrons. The van der Waals surface area contributed by atoms with E-state index in [0.717, 1.165) is 3.79 Å². The molecule has 0 fully saturated rings. The number of thiazole rings is 1. The minimum atomic E-state index is -0.854. The number of halogens is 1. The largest absolute Gasteiger partial charge is 0.481 e. The van der Waals surface area contributed by atoms with Crippen molar-refractivity contribution in [1.29, 1.82) is 0 Å². The Morgan fingerprint density at radius 2 is 2.26 bits per heavy atom. The smallest absolute Gasteiger partial charge is 0.323 e. The molecule has 0 saturated carbocycles. The second-order valence-corrected chi connectivity index (χ2v) is 6.59. The van der Waals surface area contributed by atoms with Crippen molar-refractivity contribution in [3.63, 3.8) is 0 Å². The first kappa shape index (κ1) is 15.9. The molecule has 6 nitrogen and oxygen atoms in total. The highest BCUT2D eigenvalue weighted by molar-refractivity contribution is 9.11. The number of hydrogen-bond donors (Lipinski definition) is 2. The van der Waals surface area contributed by atoms with Crippen LogP contribution >= 0.6 is 27.3 Å². The summed E-state index contributed by atoms with van der Waals surface area (Å²) in [4.78, 5) is 28.2. The summed E-state index contributed by atoms with van der Waals surface area (Å²) < 4.78 is 0.838. The Hall–Kier alpha value is -1.15. The van der Waals surface area contributed by atoms with Gasteiger partial charge in [0.15, 0.2) is 5.13 Å². The van der Waals surface area contributed by atoms with Crippen molar-refractivity contribution in [1.82, 2.24) is 9.88 Å². The van der Waals surface area contributed by atoms with E-state index in [2.05, 4.69) is 26.2 Å². The predicted molar refractivity (Wildman–Crippen MR) is 77.5 cm³/mol. The van der Waals surface area contributed by atoms with Gasteiger partial charge in [-0.3, -0.25) is 10.1 Å². The van der Waals surface area contributed by atoms with Gasteiger partial charge in [-0.1, -0.05) is 11.3 Å². The first-order valence-corrected chi connectivity index (χ1v) is 7.42. The van der Waals surface area contributed by atoms with Crippen LogP contribution in [0.3, 0.4) is 0 Å². The molecule has 0 aliphatic rings. The summed E-state index contributed by atoms with van der Waals surface area (Å²) in [6.07, 6.45) is 2.10. The monoisotopic (exact) mass is 349 g/mol. The van der Waals surface area contributed by atoms with Crippen molar-refractivity contribution in [3.05, 3.63) is 9.98 Å². The van der Waals surface area contributed by atoms with Gasteiger partial charge in [0.25, 0.3) is 0 Å². The van der Waals surface area contributed by atoms with Gasteiger partial charge in [0.1, 0.15) is 0 Å². The normalized spacial score (nSPS) is 10.5. The minimum Gasteiger partial charge on any atom is -0.481 e. The fourth-order valence-corrected chi connectivity index (χ4v) is 2.57. The lowest BCUT2D eigenvalue weighted by Gasteiger charge is -2.26. The molecule has 0 bridgehead atoms. The molecule has 2 amide bonds. The fraction of sp³-hybridized carbons (Fsp3) is 0.545. The molecule has 0 atom stereocenters. The SMILES string of the molecule is CC(C)N(CCCC(=O)O)C(=O)Nc1ncc(Br)s1. The number of nitrogens with one attached hydrogen (secondary N) is 1. The van der Waals surface area contributed by atoms with Crippen LogP contribution in [0.4, 0.5) is 9.93 Å². The summed E-state index contributed by atoms with van der Waals surface area (Å²) in [6.45, 7) is 4.18. The zero-order valence-corrected chi connectivity index (χ0v) is 13.1. The summed E-state index contributed by atoms with van der Waals surface area (Å²) in [5.41, 5.74) is 0. The zero-order chi connectivity index (χ0) is 14.4. The first-order valence-electron chi connectivity index (χ1n) is 5.81. The average Bonchev–Trinajstić information content (AvgIpc) is 2.69. The number of rotatable bonds is 6. The molecule has 1 heterocycles. The van der Waals surface area contributed by atoms with Crippen LogP contribution in [0, 0.1) is 0 Å². The molecule has 1 rings (SSSR count).